The quantitative estimate of drug-likeness (QED) is 0.188. The first-order valence-electron chi connectivity index (χ1n) is 17.7. The van der Waals surface area contributed by atoms with E-state index in [0.29, 0.717) is 0 Å². The zero-order valence-corrected chi connectivity index (χ0v) is 28.1. The number of rotatable bonds is 4. The summed E-state index contributed by atoms with van der Waals surface area (Å²) in [7, 11) is 0. The zero-order chi connectivity index (χ0) is 34.2. The third-order valence-corrected chi connectivity index (χ3v) is 10.5. The molecule has 0 aliphatic heterocycles. The van der Waals surface area contributed by atoms with Gasteiger partial charge in [0.05, 0.1) is 33.1 Å². The van der Waals surface area contributed by atoms with Gasteiger partial charge in [0, 0.05) is 32.8 Å². The van der Waals surface area contributed by atoms with Gasteiger partial charge in [0.1, 0.15) is 5.69 Å². The summed E-state index contributed by atoms with van der Waals surface area (Å²) < 4.78 is 4.72. The first-order valence-corrected chi connectivity index (χ1v) is 17.7. The Kier molecular flexibility index (Phi) is 6.22. The monoisotopic (exact) mass is 662 g/mol. The van der Waals surface area contributed by atoms with Crippen LogP contribution < -0.4 is 0 Å². The standard InChI is InChI=1S/C48H30N4/c1-3-13-31(14-4-1)47-48(50-42-21-11-10-20-41(42)49-47)52-45-30-35(24-26-39(45)40-27-32-15-7-8-16-33(32)28-46(40)52)34-23-25-38-37-19-9-12-22-43(37)51(44(38)29-34)36-17-5-2-6-18-36/h1-30H. The predicted molar refractivity (Wildman–Crippen MR) is 217 cm³/mol. The van der Waals surface area contributed by atoms with Crippen LogP contribution in [-0.2, 0) is 0 Å². The number of aromatic nitrogens is 4. The average molecular weight is 663 g/mol. The first kappa shape index (κ1) is 28.8. The van der Waals surface area contributed by atoms with Crippen molar-refractivity contribution in [2.75, 3.05) is 0 Å². The minimum Gasteiger partial charge on any atom is -0.309 e. The van der Waals surface area contributed by atoms with Crippen molar-refractivity contribution >= 4 is 65.4 Å². The van der Waals surface area contributed by atoms with Gasteiger partial charge >= 0.3 is 0 Å². The molecule has 3 heterocycles. The van der Waals surface area contributed by atoms with Crippen LogP contribution in [0.1, 0.15) is 0 Å². The van der Waals surface area contributed by atoms with Crippen molar-refractivity contribution in [2.24, 2.45) is 0 Å². The highest BCUT2D eigenvalue weighted by Crippen LogP contribution is 2.40. The lowest BCUT2D eigenvalue weighted by Crippen LogP contribution is -2.03. The summed E-state index contributed by atoms with van der Waals surface area (Å²) in [5, 5.41) is 7.26. The number of benzene rings is 8. The maximum Gasteiger partial charge on any atom is 0.165 e. The molecule has 0 aliphatic carbocycles. The van der Waals surface area contributed by atoms with Crippen LogP contribution in [0.4, 0.5) is 0 Å². The smallest absolute Gasteiger partial charge is 0.165 e. The lowest BCUT2D eigenvalue weighted by molar-refractivity contribution is 1.08. The van der Waals surface area contributed by atoms with Crippen LogP contribution in [-0.4, -0.2) is 19.1 Å². The van der Waals surface area contributed by atoms with Gasteiger partial charge in [-0.25, -0.2) is 9.97 Å². The van der Waals surface area contributed by atoms with Gasteiger partial charge in [-0.05, 0) is 76.5 Å². The Morgan fingerprint density at radius 1 is 0.327 bits per heavy atom. The van der Waals surface area contributed by atoms with E-state index < -0.39 is 0 Å². The van der Waals surface area contributed by atoms with Gasteiger partial charge in [-0.2, -0.15) is 0 Å². The summed E-state index contributed by atoms with van der Waals surface area (Å²) in [5.41, 5.74) is 11.6. The molecular weight excluding hydrogens is 633 g/mol. The molecule has 0 saturated carbocycles. The molecule has 52 heavy (non-hydrogen) atoms. The summed E-state index contributed by atoms with van der Waals surface area (Å²) in [6, 6.07) is 64.9. The minimum atomic E-state index is 0.817. The van der Waals surface area contributed by atoms with Crippen LogP contribution in [0.3, 0.4) is 0 Å². The van der Waals surface area contributed by atoms with Gasteiger partial charge in [0.15, 0.2) is 5.82 Å². The van der Waals surface area contributed by atoms with Crippen LogP contribution >= 0.6 is 0 Å². The maximum absolute atomic E-state index is 5.38. The van der Waals surface area contributed by atoms with Crippen molar-refractivity contribution in [1.82, 2.24) is 19.1 Å². The molecule has 0 unspecified atom stereocenters. The van der Waals surface area contributed by atoms with Crippen LogP contribution in [0.5, 0.6) is 0 Å². The van der Waals surface area contributed by atoms with Crippen LogP contribution in [0.2, 0.25) is 0 Å². The largest absolute Gasteiger partial charge is 0.309 e. The van der Waals surface area contributed by atoms with Crippen molar-refractivity contribution in [3.05, 3.63) is 182 Å². The van der Waals surface area contributed by atoms with E-state index in [1.54, 1.807) is 0 Å². The lowest BCUT2D eigenvalue weighted by Gasteiger charge is -2.14. The molecule has 0 fully saturated rings. The molecule has 0 aliphatic rings. The van der Waals surface area contributed by atoms with Crippen molar-refractivity contribution in [2.45, 2.75) is 0 Å². The average Bonchev–Trinajstić information content (AvgIpc) is 3.71. The number of para-hydroxylation sites is 4. The molecule has 0 N–H and O–H groups in total. The summed E-state index contributed by atoms with van der Waals surface area (Å²) in [5.74, 6) is 0.817. The van der Waals surface area contributed by atoms with E-state index in [2.05, 4.69) is 167 Å². The molecule has 0 radical (unpaired) electrons. The summed E-state index contributed by atoms with van der Waals surface area (Å²) >= 11 is 0. The normalized spacial score (nSPS) is 11.8. The SMILES string of the molecule is c1ccc(-c2nc3ccccc3nc2-n2c3cc(-c4ccc5c6ccccc6n(-c6ccccc6)c5c4)ccc3c3cc4ccccc4cc32)cc1. The summed E-state index contributed by atoms with van der Waals surface area (Å²) in [6.07, 6.45) is 0. The summed E-state index contributed by atoms with van der Waals surface area (Å²) in [4.78, 5) is 10.6. The molecule has 0 spiro atoms. The maximum atomic E-state index is 5.38. The molecule has 8 aromatic carbocycles. The number of nitrogens with zero attached hydrogens (tertiary/aromatic N) is 4. The highest BCUT2D eigenvalue weighted by Gasteiger charge is 2.21. The van der Waals surface area contributed by atoms with Crippen molar-refractivity contribution in [3.8, 4) is 33.9 Å². The molecule has 3 aromatic heterocycles. The Labute approximate surface area is 299 Å². The van der Waals surface area contributed by atoms with Crippen LogP contribution in [0.15, 0.2) is 182 Å². The molecule has 0 saturated heterocycles. The first-order chi connectivity index (χ1) is 25.8. The van der Waals surface area contributed by atoms with E-state index >= 15 is 0 Å². The third kappa shape index (κ3) is 4.34. The second-order valence-electron chi connectivity index (χ2n) is 13.5. The highest BCUT2D eigenvalue weighted by molar-refractivity contribution is 6.15. The zero-order valence-electron chi connectivity index (χ0n) is 28.1. The fourth-order valence-electron chi connectivity index (χ4n) is 8.05. The molecule has 4 nitrogen and oxygen atoms in total. The van der Waals surface area contributed by atoms with E-state index in [-0.39, 0.29) is 0 Å². The molecule has 0 amide bonds. The van der Waals surface area contributed by atoms with Gasteiger partial charge in [-0.15, -0.1) is 0 Å². The topological polar surface area (TPSA) is 35.6 Å². The van der Waals surface area contributed by atoms with Crippen molar-refractivity contribution in [1.29, 1.82) is 0 Å². The molecule has 4 heteroatoms. The fourth-order valence-corrected chi connectivity index (χ4v) is 8.05. The molecular formula is C48H30N4. The molecule has 11 rings (SSSR count). The molecule has 0 atom stereocenters. The number of hydrogen-bond donors (Lipinski definition) is 0. The van der Waals surface area contributed by atoms with Crippen molar-refractivity contribution < 1.29 is 0 Å². The van der Waals surface area contributed by atoms with E-state index in [1.165, 1.54) is 43.4 Å². The third-order valence-electron chi connectivity index (χ3n) is 10.5. The lowest BCUT2D eigenvalue weighted by atomic mass is 10.0. The van der Waals surface area contributed by atoms with E-state index in [1.807, 2.05) is 24.3 Å². The Balaban J connectivity index is 1.22. The minimum absolute atomic E-state index is 0.817. The van der Waals surface area contributed by atoms with Gasteiger partial charge < -0.3 is 4.57 Å². The van der Waals surface area contributed by atoms with Crippen LogP contribution in [0, 0.1) is 0 Å². The predicted octanol–water partition coefficient (Wildman–Crippen LogP) is 12.3. The number of fused-ring (bicyclic) bond motifs is 8. The Morgan fingerprint density at radius 2 is 0.865 bits per heavy atom. The Morgan fingerprint density at radius 3 is 1.62 bits per heavy atom. The van der Waals surface area contributed by atoms with Gasteiger partial charge in [-0.3, -0.25) is 4.57 Å². The highest BCUT2D eigenvalue weighted by atomic mass is 15.1. The molecule has 11 aromatic rings. The fraction of sp³-hybridized carbons (Fsp3) is 0. The van der Waals surface area contributed by atoms with Gasteiger partial charge in [-0.1, -0.05) is 127 Å². The molecule has 0 bridgehead atoms. The Hall–Kier alpha value is -7.04. The molecule has 242 valence electrons. The van der Waals surface area contributed by atoms with E-state index in [4.69, 9.17) is 9.97 Å². The van der Waals surface area contributed by atoms with Crippen LogP contribution in [0.25, 0.3) is 99.3 Å². The van der Waals surface area contributed by atoms with Crippen molar-refractivity contribution in [3.63, 3.8) is 0 Å². The van der Waals surface area contributed by atoms with E-state index in [9.17, 15) is 0 Å². The number of hydrogen-bond acceptors (Lipinski definition) is 2. The second-order valence-corrected chi connectivity index (χ2v) is 13.5. The van der Waals surface area contributed by atoms with Gasteiger partial charge in [0.25, 0.3) is 0 Å². The summed E-state index contributed by atoms with van der Waals surface area (Å²) in [6.45, 7) is 0. The van der Waals surface area contributed by atoms with E-state index in [0.717, 1.165) is 56.0 Å². The Bertz CT molecular complexity index is 3170. The second kappa shape index (κ2) is 11.2. The van der Waals surface area contributed by atoms with Gasteiger partial charge in [0.2, 0.25) is 0 Å².